The number of fused-ring (bicyclic) bond motifs is 1. The molecule has 1 aliphatic heterocycles. The molecule has 1 saturated carbocycles. The van der Waals surface area contributed by atoms with Crippen LogP contribution < -0.4 is 5.56 Å². The van der Waals surface area contributed by atoms with E-state index in [4.69, 9.17) is 28.3 Å². The van der Waals surface area contributed by atoms with Crippen LogP contribution in [-0.2, 0) is 11.3 Å². The normalized spacial score (nSPS) is 20.0. The Morgan fingerprint density at radius 2 is 1.73 bits per heavy atom. The molecule has 37 heavy (non-hydrogen) atoms. The van der Waals surface area contributed by atoms with E-state index in [9.17, 15) is 19.7 Å². The summed E-state index contributed by atoms with van der Waals surface area (Å²) < 4.78 is 1.05. The molecule has 0 N–H and O–H groups in total. The van der Waals surface area contributed by atoms with Crippen molar-refractivity contribution in [3.05, 3.63) is 114 Å². The monoisotopic (exact) mass is 536 g/mol. The predicted octanol–water partition coefficient (Wildman–Crippen LogP) is 5.89. The topological polar surface area (TPSA) is 97.8 Å². The van der Waals surface area contributed by atoms with E-state index >= 15 is 0 Å². The third-order valence-electron chi connectivity index (χ3n) is 6.66. The standard InChI is InChI=1S/C27H22Cl2N4O4/c28-20-8-4-17(5-9-20)14-19-2-1-3-23-26(19)30-32(27(23)18-6-10-21(29)11-7-18)25(35)16-31-15-22(33(36)37)12-13-24(31)34/h4-15,23,27H,1-3,16H2/b19-14+/t23-,27-/m1/s1. The Morgan fingerprint density at radius 3 is 2.41 bits per heavy atom. The van der Waals surface area contributed by atoms with Crippen LogP contribution in [0.1, 0.15) is 36.4 Å². The maximum absolute atomic E-state index is 13.6. The Kier molecular flexibility index (Phi) is 6.95. The molecule has 1 amide bonds. The molecule has 0 spiro atoms. The fourth-order valence-corrected chi connectivity index (χ4v) is 5.18. The zero-order valence-electron chi connectivity index (χ0n) is 19.6. The van der Waals surface area contributed by atoms with Crippen LogP contribution in [0.3, 0.4) is 0 Å². The molecule has 10 heteroatoms. The molecule has 2 heterocycles. The van der Waals surface area contributed by atoms with E-state index in [1.165, 1.54) is 5.01 Å². The van der Waals surface area contributed by atoms with Gasteiger partial charge < -0.3 is 0 Å². The smallest absolute Gasteiger partial charge is 0.285 e. The summed E-state index contributed by atoms with van der Waals surface area (Å²) >= 11 is 12.2. The molecular formula is C27H22Cl2N4O4. The van der Waals surface area contributed by atoms with E-state index in [1.807, 2.05) is 36.4 Å². The second-order valence-corrected chi connectivity index (χ2v) is 9.92. The van der Waals surface area contributed by atoms with Gasteiger partial charge >= 0.3 is 0 Å². The van der Waals surface area contributed by atoms with Crippen LogP contribution in [0.15, 0.2) is 82.3 Å². The molecule has 188 valence electrons. The minimum atomic E-state index is -0.602. The Bertz CT molecular complexity index is 1480. The van der Waals surface area contributed by atoms with Crippen LogP contribution in [0.2, 0.25) is 10.0 Å². The van der Waals surface area contributed by atoms with Gasteiger partial charge in [-0.05, 0) is 66.3 Å². The highest BCUT2D eigenvalue weighted by Gasteiger charge is 2.43. The summed E-state index contributed by atoms with van der Waals surface area (Å²) in [6.45, 7) is -0.371. The number of rotatable bonds is 5. The molecule has 1 aromatic heterocycles. The van der Waals surface area contributed by atoms with Crippen molar-refractivity contribution < 1.29 is 9.72 Å². The van der Waals surface area contributed by atoms with Crippen LogP contribution in [0.25, 0.3) is 6.08 Å². The zero-order valence-corrected chi connectivity index (χ0v) is 21.1. The van der Waals surface area contributed by atoms with E-state index < -0.39 is 16.4 Å². The maximum Gasteiger partial charge on any atom is 0.285 e. The summed E-state index contributed by atoms with van der Waals surface area (Å²) in [5.74, 6) is -0.477. The summed E-state index contributed by atoms with van der Waals surface area (Å²) in [6.07, 6.45) is 5.74. The second-order valence-electron chi connectivity index (χ2n) is 9.05. The van der Waals surface area contributed by atoms with Crippen LogP contribution in [0.4, 0.5) is 5.69 Å². The number of benzene rings is 2. The van der Waals surface area contributed by atoms with Gasteiger partial charge in [0, 0.05) is 28.1 Å². The molecule has 2 atom stereocenters. The van der Waals surface area contributed by atoms with Crippen molar-refractivity contribution >= 4 is 46.6 Å². The number of allylic oxidation sites excluding steroid dienone is 1. The van der Waals surface area contributed by atoms with Crippen LogP contribution in [0, 0.1) is 16.0 Å². The lowest BCUT2D eigenvalue weighted by atomic mass is 9.77. The Balaban J connectivity index is 1.53. The van der Waals surface area contributed by atoms with E-state index in [0.29, 0.717) is 10.0 Å². The summed E-state index contributed by atoms with van der Waals surface area (Å²) in [5.41, 5.74) is 2.96. The van der Waals surface area contributed by atoms with Crippen molar-refractivity contribution in [1.82, 2.24) is 9.58 Å². The molecule has 0 radical (unpaired) electrons. The lowest BCUT2D eigenvalue weighted by Crippen LogP contribution is -2.35. The number of pyridine rings is 1. The Hall–Kier alpha value is -3.75. The summed E-state index contributed by atoms with van der Waals surface area (Å²) in [6, 6.07) is 16.6. The molecule has 0 unspecified atom stereocenters. The van der Waals surface area contributed by atoms with Gasteiger partial charge in [-0.3, -0.25) is 24.3 Å². The lowest BCUT2D eigenvalue weighted by molar-refractivity contribution is -0.385. The third kappa shape index (κ3) is 5.21. The van der Waals surface area contributed by atoms with Crippen LogP contribution >= 0.6 is 23.2 Å². The molecule has 3 aromatic rings. The number of carbonyl (C=O) groups excluding carboxylic acids is 1. The van der Waals surface area contributed by atoms with Gasteiger partial charge in [-0.1, -0.05) is 47.5 Å². The van der Waals surface area contributed by atoms with Gasteiger partial charge in [0.05, 0.1) is 22.9 Å². The molecule has 2 aliphatic rings. The van der Waals surface area contributed by atoms with Gasteiger partial charge in [0.2, 0.25) is 0 Å². The van der Waals surface area contributed by atoms with Crippen molar-refractivity contribution in [3.63, 3.8) is 0 Å². The number of hydrazone groups is 1. The predicted molar refractivity (Wildman–Crippen MR) is 143 cm³/mol. The van der Waals surface area contributed by atoms with Gasteiger partial charge in [-0.2, -0.15) is 5.10 Å². The quantitative estimate of drug-likeness (QED) is 0.300. The van der Waals surface area contributed by atoms with Crippen molar-refractivity contribution in [2.75, 3.05) is 0 Å². The average molecular weight is 537 g/mol. The zero-order chi connectivity index (χ0) is 26.1. The molecular weight excluding hydrogens is 515 g/mol. The van der Waals surface area contributed by atoms with E-state index in [1.54, 1.807) is 12.1 Å². The molecule has 0 bridgehead atoms. The van der Waals surface area contributed by atoms with Crippen LogP contribution in [0.5, 0.6) is 0 Å². The number of amides is 1. The fraction of sp³-hybridized carbons (Fsp3) is 0.222. The van der Waals surface area contributed by atoms with Gasteiger partial charge in [0.25, 0.3) is 17.2 Å². The number of hydrogen-bond acceptors (Lipinski definition) is 5. The van der Waals surface area contributed by atoms with Gasteiger partial charge in [0.15, 0.2) is 0 Å². The lowest BCUT2D eigenvalue weighted by Gasteiger charge is -2.29. The molecule has 2 aromatic carbocycles. The van der Waals surface area contributed by atoms with Gasteiger partial charge in [0.1, 0.15) is 6.54 Å². The first-order valence-corrected chi connectivity index (χ1v) is 12.5. The highest BCUT2D eigenvalue weighted by atomic mass is 35.5. The first kappa shape index (κ1) is 24.9. The minimum absolute atomic E-state index is 0.0424. The van der Waals surface area contributed by atoms with Crippen molar-refractivity contribution in [2.45, 2.75) is 31.8 Å². The highest BCUT2D eigenvalue weighted by molar-refractivity contribution is 6.30. The average Bonchev–Trinajstić information content (AvgIpc) is 3.28. The van der Waals surface area contributed by atoms with E-state index in [-0.39, 0.29) is 24.2 Å². The minimum Gasteiger partial charge on any atom is -0.299 e. The summed E-state index contributed by atoms with van der Waals surface area (Å²) in [4.78, 5) is 36.5. The number of halogens is 2. The largest absolute Gasteiger partial charge is 0.299 e. The Morgan fingerprint density at radius 1 is 1.05 bits per heavy atom. The number of nitro groups is 1. The maximum atomic E-state index is 13.6. The SMILES string of the molecule is O=C(Cn1cc([N+](=O)[O-])ccc1=O)N1N=C2/C(=C/c3ccc(Cl)cc3)CCC[C@H]2[C@H]1c1ccc(Cl)cc1. The number of nitrogens with zero attached hydrogens (tertiary/aromatic N) is 4. The van der Waals surface area contributed by atoms with Crippen molar-refractivity contribution in [2.24, 2.45) is 11.0 Å². The molecule has 0 saturated heterocycles. The van der Waals surface area contributed by atoms with Gasteiger partial charge in [-0.25, -0.2) is 5.01 Å². The number of carbonyl (C=O) groups is 1. The molecule has 1 aliphatic carbocycles. The van der Waals surface area contributed by atoms with Crippen molar-refractivity contribution in [3.8, 4) is 0 Å². The van der Waals surface area contributed by atoms with Gasteiger partial charge in [-0.15, -0.1) is 0 Å². The van der Waals surface area contributed by atoms with E-state index in [2.05, 4.69) is 6.08 Å². The second kappa shape index (κ2) is 10.3. The summed E-state index contributed by atoms with van der Waals surface area (Å²) in [5, 5.41) is 18.6. The summed E-state index contributed by atoms with van der Waals surface area (Å²) in [7, 11) is 0. The molecule has 1 fully saturated rings. The first-order chi connectivity index (χ1) is 17.8. The van der Waals surface area contributed by atoms with Crippen molar-refractivity contribution in [1.29, 1.82) is 0 Å². The van der Waals surface area contributed by atoms with Crippen LogP contribution in [-0.4, -0.2) is 26.1 Å². The fourth-order valence-electron chi connectivity index (χ4n) is 4.93. The van der Waals surface area contributed by atoms with E-state index in [0.717, 1.165) is 64.6 Å². The number of aromatic nitrogens is 1. The molecule has 8 nitrogen and oxygen atoms in total. The molecule has 5 rings (SSSR count). The third-order valence-corrected chi connectivity index (χ3v) is 7.17. The number of hydrogen-bond donors (Lipinski definition) is 0. The first-order valence-electron chi connectivity index (χ1n) is 11.8. The Labute approximate surface area is 222 Å². The highest BCUT2D eigenvalue weighted by Crippen LogP contribution is 2.44.